The maximum atomic E-state index is 12.3. The molecule has 29 heavy (non-hydrogen) atoms. The maximum absolute atomic E-state index is 12.3. The number of rotatable bonds is 14. The number of aliphatic hydroxyl groups excluding tert-OH is 2. The molecule has 0 bridgehead atoms. The number of carbonyl (C=O) groups is 4. The van der Waals surface area contributed by atoms with E-state index in [-0.39, 0.29) is 5.92 Å². The van der Waals surface area contributed by atoms with E-state index < -0.39 is 61.1 Å². The molecule has 0 heterocycles. The highest BCUT2D eigenvalue weighted by Crippen LogP contribution is 2.08. The zero-order valence-electron chi connectivity index (χ0n) is 16.9. The van der Waals surface area contributed by atoms with Crippen LogP contribution in [0.4, 0.5) is 0 Å². The maximum Gasteiger partial charge on any atom is 0.326 e. The molecule has 0 saturated carbocycles. The molecule has 0 aliphatic rings. The van der Waals surface area contributed by atoms with Gasteiger partial charge < -0.3 is 37.0 Å². The molecule has 0 aromatic heterocycles. The number of carboxylic acid groups (broad SMARTS) is 1. The highest BCUT2D eigenvalue weighted by atomic mass is 32.2. The first-order valence-electron chi connectivity index (χ1n) is 9.22. The minimum Gasteiger partial charge on any atom is -0.480 e. The van der Waals surface area contributed by atoms with Crippen molar-refractivity contribution in [3.63, 3.8) is 0 Å². The average molecular weight is 437 g/mol. The van der Waals surface area contributed by atoms with E-state index in [1.165, 1.54) is 11.8 Å². The van der Waals surface area contributed by atoms with Crippen molar-refractivity contribution in [3.05, 3.63) is 0 Å². The van der Waals surface area contributed by atoms with Crippen LogP contribution < -0.4 is 21.7 Å². The van der Waals surface area contributed by atoms with Crippen molar-refractivity contribution in [1.29, 1.82) is 0 Å². The van der Waals surface area contributed by atoms with Gasteiger partial charge in [0.15, 0.2) is 0 Å². The summed E-state index contributed by atoms with van der Waals surface area (Å²) in [5.74, 6) is -3.43. The van der Waals surface area contributed by atoms with Crippen LogP contribution in [0.3, 0.4) is 0 Å². The summed E-state index contributed by atoms with van der Waals surface area (Å²) in [7, 11) is 0. The lowest BCUT2D eigenvalue weighted by Gasteiger charge is -2.25. The van der Waals surface area contributed by atoms with E-state index in [4.69, 9.17) is 5.73 Å². The van der Waals surface area contributed by atoms with E-state index in [1.807, 2.05) is 6.26 Å². The van der Waals surface area contributed by atoms with Crippen molar-refractivity contribution in [2.45, 2.75) is 50.9 Å². The van der Waals surface area contributed by atoms with Crippen molar-refractivity contribution in [1.82, 2.24) is 16.0 Å². The van der Waals surface area contributed by atoms with Crippen molar-refractivity contribution < 1.29 is 34.5 Å². The fraction of sp³-hybridized carbons (Fsp3) is 0.765. The van der Waals surface area contributed by atoms with Gasteiger partial charge in [-0.25, -0.2) is 4.79 Å². The summed E-state index contributed by atoms with van der Waals surface area (Å²) >= 11 is 1.50. The molecule has 0 rings (SSSR count). The molecule has 12 heteroatoms. The fourth-order valence-corrected chi connectivity index (χ4v) is 2.74. The van der Waals surface area contributed by atoms with Crippen LogP contribution in [0.2, 0.25) is 0 Å². The largest absolute Gasteiger partial charge is 0.480 e. The standard InChI is InChI=1S/C17H32N4O7S/c1-4-9(2)13(17(27)28)21-16(26)12(8-23)20-15(25)11(7-22)19-14(24)10(18)5-6-29-3/h9-13,22-23H,4-8,18H2,1-3H3,(H,19,24)(H,20,25)(H,21,26)(H,27,28). The predicted molar refractivity (Wildman–Crippen MR) is 108 cm³/mol. The molecule has 5 unspecified atom stereocenters. The summed E-state index contributed by atoms with van der Waals surface area (Å²) in [5, 5.41) is 34.8. The Bertz CT molecular complexity index is 564. The van der Waals surface area contributed by atoms with Crippen LogP contribution in [0.5, 0.6) is 0 Å². The Hall–Kier alpha value is -1.89. The summed E-state index contributed by atoms with van der Waals surface area (Å²) in [6.07, 6.45) is 2.72. The lowest BCUT2D eigenvalue weighted by atomic mass is 9.99. The molecule has 0 spiro atoms. The molecule has 8 N–H and O–H groups in total. The Morgan fingerprint density at radius 1 is 0.966 bits per heavy atom. The molecular weight excluding hydrogens is 404 g/mol. The normalized spacial score (nSPS) is 16.1. The van der Waals surface area contributed by atoms with Gasteiger partial charge in [-0.1, -0.05) is 20.3 Å². The van der Waals surface area contributed by atoms with Crippen molar-refractivity contribution in [3.8, 4) is 0 Å². The summed E-state index contributed by atoms with van der Waals surface area (Å²) in [6.45, 7) is 1.85. The van der Waals surface area contributed by atoms with Gasteiger partial charge in [0.05, 0.1) is 19.3 Å². The molecule has 5 atom stereocenters. The monoisotopic (exact) mass is 436 g/mol. The molecule has 0 aromatic carbocycles. The third-order valence-corrected chi connectivity index (χ3v) is 5.02. The Labute approximate surface area is 174 Å². The summed E-state index contributed by atoms with van der Waals surface area (Å²) in [6, 6.07) is -4.90. The smallest absolute Gasteiger partial charge is 0.326 e. The summed E-state index contributed by atoms with van der Waals surface area (Å²) < 4.78 is 0. The second kappa shape index (κ2) is 14.1. The Morgan fingerprint density at radius 3 is 1.86 bits per heavy atom. The van der Waals surface area contributed by atoms with Gasteiger partial charge in [-0.2, -0.15) is 11.8 Å². The summed E-state index contributed by atoms with van der Waals surface area (Å²) in [5.41, 5.74) is 5.71. The van der Waals surface area contributed by atoms with Gasteiger partial charge in [0.1, 0.15) is 18.1 Å². The van der Waals surface area contributed by atoms with Gasteiger partial charge in [0.2, 0.25) is 17.7 Å². The van der Waals surface area contributed by atoms with Crippen molar-refractivity contribution in [2.24, 2.45) is 11.7 Å². The molecule has 0 radical (unpaired) electrons. The minimum absolute atomic E-state index is 0.376. The van der Waals surface area contributed by atoms with Gasteiger partial charge in [0.25, 0.3) is 0 Å². The van der Waals surface area contributed by atoms with Gasteiger partial charge >= 0.3 is 5.97 Å². The van der Waals surface area contributed by atoms with Crippen LogP contribution in [-0.4, -0.2) is 88.4 Å². The first kappa shape index (κ1) is 27.1. The zero-order valence-corrected chi connectivity index (χ0v) is 17.7. The lowest BCUT2D eigenvalue weighted by molar-refractivity contribution is -0.144. The lowest BCUT2D eigenvalue weighted by Crippen LogP contribution is -2.59. The van der Waals surface area contributed by atoms with Crippen molar-refractivity contribution in [2.75, 3.05) is 25.2 Å². The quantitative estimate of drug-likeness (QED) is 0.156. The zero-order chi connectivity index (χ0) is 22.6. The van der Waals surface area contributed by atoms with Gasteiger partial charge in [-0.05, 0) is 24.3 Å². The van der Waals surface area contributed by atoms with Gasteiger partial charge in [0, 0.05) is 0 Å². The van der Waals surface area contributed by atoms with Crippen LogP contribution in [-0.2, 0) is 19.2 Å². The number of amides is 3. The Balaban J connectivity index is 4.98. The number of nitrogens with one attached hydrogen (secondary N) is 3. The van der Waals surface area contributed by atoms with Crippen LogP contribution in [0.25, 0.3) is 0 Å². The number of aliphatic carboxylic acids is 1. The van der Waals surface area contributed by atoms with Crippen molar-refractivity contribution >= 4 is 35.5 Å². The number of nitrogens with two attached hydrogens (primary N) is 1. The number of thioether (sulfide) groups is 1. The Kier molecular flexibility index (Phi) is 13.2. The first-order valence-corrected chi connectivity index (χ1v) is 10.6. The van der Waals surface area contributed by atoms with E-state index in [1.54, 1.807) is 13.8 Å². The topological polar surface area (TPSA) is 191 Å². The number of hydrogen-bond acceptors (Lipinski definition) is 8. The molecule has 3 amide bonds. The highest BCUT2D eigenvalue weighted by molar-refractivity contribution is 7.98. The second-order valence-corrected chi connectivity index (χ2v) is 7.57. The molecule has 0 aliphatic carbocycles. The molecule has 168 valence electrons. The molecule has 0 aliphatic heterocycles. The fourth-order valence-electron chi connectivity index (χ4n) is 2.25. The third kappa shape index (κ3) is 9.43. The summed E-state index contributed by atoms with van der Waals surface area (Å²) in [4.78, 5) is 47.9. The SMILES string of the molecule is CCC(C)C(NC(=O)C(CO)NC(=O)C(CO)NC(=O)C(N)CCSC)C(=O)O. The molecule has 0 saturated heterocycles. The van der Waals surface area contributed by atoms with Crippen LogP contribution >= 0.6 is 11.8 Å². The van der Waals surface area contributed by atoms with E-state index >= 15 is 0 Å². The second-order valence-electron chi connectivity index (χ2n) is 6.59. The number of carboxylic acids is 1. The van der Waals surface area contributed by atoms with Crippen LogP contribution in [0.15, 0.2) is 0 Å². The van der Waals surface area contributed by atoms with Crippen LogP contribution in [0, 0.1) is 5.92 Å². The van der Waals surface area contributed by atoms with E-state index in [9.17, 15) is 34.5 Å². The third-order valence-electron chi connectivity index (χ3n) is 4.38. The van der Waals surface area contributed by atoms with E-state index in [0.29, 0.717) is 18.6 Å². The first-order chi connectivity index (χ1) is 13.6. The number of aliphatic hydroxyl groups is 2. The average Bonchev–Trinajstić information content (AvgIpc) is 2.70. The number of hydrogen-bond donors (Lipinski definition) is 7. The van der Waals surface area contributed by atoms with E-state index in [2.05, 4.69) is 16.0 Å². The predicted octanol–water partition coefficient (Wildman–Crippen LogP) is -2.36. The Morgan fingerprint density at radius 2 is 1.45 bits per heavy atom. The highest BCUT2D eigenvalue weighted by Gasteiger charge is 2.31. The molecule has 0 fully saturated rings. The van der Waals surface area contributed by atoms with Gasteiger partial charge in [-0.3, -0.25) is 14.4 Å². The van der Waals surface area contributed by atoms with E-state index in [0.717, 1.165) is 0 Å². The molecule has 11 nitrogen and oxygen atoms in total. The molecule has 0 aromatic rings. The minimum atomic E-state index is -1.45. The van der Waals surface area contributed by atoms with Gasteiger partial charge in [-0.15, -0.1) is 0 Å². The number of carbonyl (C=O) groups excluding carboxylic acids is 3. The van der Waals surface area contributed by atoms with Crippen LogP contribution in [0.1, 0.15) is 26.7 Å². The molecular formula is C17H32N4O7S.